The van der Waals surface area contributed by atoms with E-state index in [1.165, 1.54) is 10.2 Å². The van der Waals surface area contributed by atoms with Crippen molar-refractivity contribution >= 4 is 44.6 Å². The van der Waals surface area contributed by atoms with E-state index in [0.29, 0.717) is 36.3 Å². The molecule has 4 aromatic rings. The Bertz CT molecular complexity index is 1420. The van der Waals surface area contributed by atoms with Crippen molar-refractivity contribution in [3.05, 3.63) is 35.2 Å². The molecule has 35 heavy (non-hydrogen) atoms. The molecule has 184 valence electrons. The Morgan fingerprint density at radius 3 is 2.83 bits per heavy atom. The van der Waals surface area contributed by atoms with E-state index < -0.39 is 12.2 Å². The van der Waals surface area contributed by atoms with Gasteiger partial charge in [-0.25, -0.2) is 9.78 Å². The van der Waals surface area contributed by atoms with Gasteiger partial charge >= 0.3 is 6.09 Å². The summed E-state index contributed by atoms with van der Waals surface area (Å²) in [6.45, 7) is 3.86. The fraction of sp³-hybridized carbons (Fsp3) is 0.400. The number of hydrogen-bond donors (Lipinski definition) is 1. The molecule has 4 heterocycles. The lowest BCUT2D eigenvalue weighted by Gasteiger charge is -2.24. The molecule has 0 radical (unpaired) electrons. The highest BCUT2D eigenvalue weighted by atomic mass is 32.1. The average Bonchev–Trinajstić information content (AvgIpc) is 3.46. The number of benzene rings is 1. The number of nitrogens with zero attached hydrogens (tertiary/aromatic N) is 4. The first-order chi connectivity index (χ1) is 16.9. The molecule has 1 fully saturated rings. The Morgan fingerprint density at radius 1 is 1.26 bits per heavy atom. The summed E-state index contributed by atoms with van der Waals surface area (Å²) >= 11 is 1.71. The van der Waals surface area contributed by atoms with Crippen LogP contribution in [0.15, 0.2) is 29.6 Å². The molecule has 5 rings (SSSR count). The second-order valence-corrected chi connectivity index (χ2v) is 9.70. The maximum Gasteiger partial charge on any atom is 0.404 e. The molecule has 0 bridgehead atoms. The molecule has 1 aromatic carbocycles. The topological polar surface area (TPSA) is 105 Å². The number of thiophene rings is 1. The van der Waals surface area contributed by atoms with Crippen LogP contribution in [-0.4, -0.2) is 57.3 Å². The monoisotopic (exact) mass is 495 g/mol. The van der Waals surface area contributed by atoms with Crippen molar-refractivity contribution in [2.45, 2.75) is 38.8 Å². The maximum absolute atomic E-state index is 13.5. The Morgan fingerprint density at radius 2 is 2.09 bits per heavy atom. The number of methoxy groups -OCH3 is 1. The summed E-state index contributed by atoms with van der Waals surface area (Å²) in [5.41, 5.74) is 8.26. The molecule has 2 amide bonds. The predicted molar refractivity (Wildman–Crippen MR) is 136 cm³/mol. The third-order valence-corrected chi connectivity index (χ3v) is 7.60. The van der Waals surface area contributed by atoms with Gasteiger partial charge in [-0.05, 0) is 55.8 Å². The molecule has 9 nitrogen and oxygen atoms in total. The van der Waals surface area contributed by atoms with E-state index in [1.807, 2.05) is 17.7 Å². The first-order valence-corrected chi connectivity index (χ1v) is 12.7. The first kappa shape index (κ1) is 23.2. The Balaban J connectivity index is 1.55. The van der Waals surface area contributed by atoms with E-state index in [4.69, 9.17) is 20.2 Å². The minimum Gasteiger partial charge on any atom is -0.494 e. The highest BCUT2D eigenvalue weighted by molar-refractivity contribution is 7.16. The van der Waals surface area contributed by atoms with Gasteiger partial charge in [-0.15, -0.1) is 11.3 Å². The van der Waals surface area contributed by atoms with Crippen molar-refractivity contribution in [3.8, 4) is 17.3 Å². The van der Waals surface area contributed by atoms with Crippen LogP contribution < -0.4 is 10.5 Å². The van der Waals surface area contributed by atoms with Gasteiger partial charge in [0, 0.05) is 31.1 Å². The molecule has 2 N–H and O–H groups in total. The number of carbonyl (C=O) groups excluding carboxylic acids is 2. The molecule has 1 atom stereocenters. The molecule has 0 aliphatic carbocycles. The minimum absolute atomic E-state index is 0.144. The van der Waals surface area contributed by atoms with Crippen LogP contribution >= 0.6 is 11.3 Å². The number of nitrogens with two attached hydrogens (primary N) is 1. The molecule has 1 saturated heterocycles. The van der Waals surface area contributed by atoms with Crippen LogP contribution in [0.5, 0.6) is 5.75 Å². The van der Waals surface area contributed by atoms with Crippen LogP contribution in [0.3, 0.4) is 0 Å². The Kier molecular flexibility index (Phi) is 6.14. The maximum atomic E-state index is 13.5. The zero-order chi connectivity index (χ0) is 24.7. The van der Waals surface area contributed by atoms with Gasteiger partial charge < -0.3 is 29.2 Å². The van der Waals surface area contributed by atoms with Crippen molar-refractivity contribution in [1.82, 2.24) is 19.0 Å². The first-order valence-electron chi connectivity index (χ1n) is 11.8. The van der Waals surface area contributed by atoms with Crippen molar-refractivity contribution in [2.75, 3.05) is 20.2 Å². The van der Waals surface area contributed by atoms with Crippen molar-refractivity contribution < 1.29 is 19.1 Å². The van der Waals surface area contributed by atoms with Gasteiger partial charge in [-0.2, -0.15) is 0 Å². The molecule has 0 spiro atoms. The van der Waals surface area contributed by atoms with E-state index in [2.05, 4.69) is 29.0 Å². The third kappa shape index (κ3) is 4.12. The van der Waals surface area contributed by atoms with E-state index >= 15 is 0 Å². The van der Waals surface area contributed by atoms with Gasteiger partial charge in [0.05, 0.1) is 24.9 Å². The van der Waals surface area contributed by atoms with Gasteiger partial charge in [0.25, 0.3) is 5.91 Å². The van der Waals surface area contributed by atoms with Crippen LogP contribution in [0.4, 0.5) is 4.79 Å². The molecule has 1 aliphatic heterocycles. The summed E-state index contributed by atoms with van der Waals surface area (Å²) in [5.74, 6) is 1.26. The van der Waals surface area contributed by atoms with E-state index in [0.717, 1.165) is 36.4 Å². The summed E-state index contributed by atoms with van der Waals surface area (Å²) in [6, 6.07) is 7.86. The quantitative estimate of drug-likeness (QED) is 0.443. The molecule has 1 aliphatic rings. The van der Waals surface area contributed by atoms with Gasteiger partial charge in [0.15, 0.2) is 5.82 Å². The zero-order valence-corrected chi connectivity index (χ0v) is 20.9. The largest absolute Gasteiger partial charge is 0.494 e. The number of imidazole rings is 1. The lowest BCUT2D eigenvalue weighted by atomic mass is 10.1. The molecule has 3 aromatic heterocycles. The summed E-state index contributed by atoms with van der Waals surface area (Å²) < 4.78 is 15.2. The van der Waals surface area contributed by atoms with Crippen LogP contribution in [-0.2, 0) is 18.3 Å². The van der Waals surface area contributed by atoms with Gasteiger partial charge in [0.1, 0.15) is 22.2 Å². The fourth-order valence-electron chi connectivity index (χ4n) is 5.02. The average molecular weight is 496 g/mol. The second-order valence-electron chi connectivity index (χ2n) is 8.80. The summed E-state index contributed by atoms with van der Waals surface area (Å²) in [5, 5.41) is 3.29. The molecule has 10 heteroatoms. The highest BCUT2D eigenvalue weighted by Gasteiger charge is 2.27. The molecule has 0 saturated carbocycles. The number of rotatable bonds is 5. The van der Waals surface area contributed by atoms with Crippen molar-refractivity contribution in [2.24, 2.45) is 12.8 Å². The van der Waals surface area contributed by atoms with Crippen LogP contribution in [0.25, 0.3) is 32.8 Å². The third-order valence-electron chi connectivity index (χ3n) is 6.65. The normalized spacial score (nSPS) is 16.5. The Hall–Kier alpha value is -3.53. The summed E-state index contributed by atoms with van der Waals surface area (Å²) in [6.07, 6.45) is 1.17. The number of fused-ring (bicyclic) bond motifs is 2. The lowest BCUT2D eigenvalue weighted by molar-refractivity contribution is 0.0582. The standard InChI is InChI=1S/C25H29N5O4S/c1-4-30-19(12-15-8-10-35-24(15)30)22-27-18-11-16(13-20(33-3)21(18)28(22)2)23(31)29-9-6-5-7-17(14-29)34-25(26)32/h8,10-13,17H,4-7,9,14H2,1-3H3,(H2,26,32). The zero-order valence-electron chi connectivity index (χ0n) is 20.1. The summed E-state index contributed by atoms with van der Waals surface area (Å²) in [4.78, 5) is 32.6. The van der Waals surface area contributed by atoms with Gasteiger partial charge in [0.2, 0.25) is 0 Å². The minimum atomic E-state index is -0.815. The summed E-state index contributed by atoms with van der Waals surface area (Å²) in [7, 11) is 3.57. The lowest BCUT2D eigenvalue weighted by Crippen LogP contribution is -2.38. The number of ether oxygens (including phenoxy) is 2. The number of likely N-dealkylation sites (tertiary alicyclic amines) is 1. The number of carbonyl (C=O) groups is 2. The van der Waals surface area contributed by atoms with E-state index in [9.17, 15) is 9.59 Å². The number of aryl methyl sites for hydroxylation is 2. The number of primary amides is 1. The highest BCUT2D eigenvalue weighted by Crippen LogP contribution is 2.35. The Labute approximate surface area is 207 Å². The van der Waals surface area contributed by atoms with Crippen LogP contribution in [0.2, 0.25) is 0 Å². The smallest absolute Gasteiger partial charge is 0.404 e. The van der Waals surface area contributed by atoms with Crippen molar-refractivity contribution in [1.29, 1.82) is 0 Å². The number of amides is 2. The van der Waals surface area contributed by atoms with E-state index in [-0.39, 0.29) is 5.91 Å². The van der Waals surface area contributed by atoms with Crippen LogP contribution in [0, 0.1) is 0 Å². The van der Waals surface area contributed by atoms with E-state index in [1.54, 1.807) is 29.4 Å². The predicted octanol–water partition coefficient (Wildman–Crippen LogP) is 4.38. The van der Waals surface area contributed by atoms with Gasteiger partial charge in [-0.1, -0.05) is 0 Å². The number of aromatic nitrogens is 3. The SMILES string of the molecule is CCn1c(-c2nc3cc(C(=O)N4CCCCC(OC(N)=O)C4)cc(OC)c3n2C)cc2ccsc21. The van der Waals surface area contributed by atoms with Gasteiger partial charge in [-0.3, -0.25) is 4.79 Å². The number of hydrogen-bond acceptors (Lipinski definition) is 6. The molecule has 1 unspecified atom stereocenters. The fourth-order valence-corrected chi connectivity index (χ4v) is 5.98. The molecular weight excluding hydrogens is 466 g/mol. The van der Waals surface area contributed by atoms with Crippen LogP contribution in [0.1, 0.15) is 36.5 Å². The van der Waals surface area contributed by atoms with Crippen molar-refractivity contribution in [3.63, 3.8) is 0 Å². The second kappa shape index (κ2) is 9.26. The molecular formula is C25H29N5O4S.